The van der Waals surface area contributed by atoms with Crippen molar-refractivity contribution in [2.75, 3.05) is 37.6 Å². The number of carbonyl (C=O) groups is 1. The number of nitrogens with zero attached hydrogens (tertiary/aromatic N) is 3. The van der Waals surface area contributed by atoms with E-state index in [-0.39, 0.29) is 12.1 Å². The molecule has 0 radical (unpaired) electrons. The number of hydrogen-bond donors (Lipinski definition) is 2. The van der Waals surface area contributed by atoms with E-state index in [1.54, 1.807) is 0 Å². The predicted octanol–water partition coefficient (Wildman–Crippen LogP) is 0.713. The number of piperazine rings is 1. The largest absolute Gasteiger partial charge is 0.352 e. The van der Waals surface area contributed by atoms with Crippen LogP contribution in [0.5, 0.6) is 0 Å². The standard InChI is InChI=1S/C15H23N5O/c1-3-16-7-12-6-11(2)14(17-8-12)19-4-5-20-13(10-19)9-18-15(20)21/h6,8,13,16H,3-5,7,9-10H2,1-2H3,(H,18,21). The molecular weight excluding hydrogens is 266 g/mol. The quantitative estimate of drug-likeness (QED) is 0.857. The van der Waals surface area contributed by atoms with Crippen LogP contribution in [-0.2, 0) is 6.54 Å². The van der Waals surface area contributed by atoms with Gasteiger partial charge >= 0.3 is 6.03 Å². The van der Waals surface area contributed by atoms with Crippen LogP contribution in [0.1, 0.15) is 18.1 Å². The number of anilines is 1. The average molecular weight is 289 g/mol. The molecule has 0 aliphatic carbocycles. The second-order valence-corrected chi connectivity index (χ2v) is 5.74. The molecule has 0 bridgehead atoms. The highest BCUT2D eigenvalue weighted by Gasteiger charge is 2.36. The van der Waals surface area contributed by atoms with Crippen LogP contribution in [0.3, 0.4) is 0 Å². The fourth-order valence-electron chi connectivity index (χ4n) is 3.12. The Morgan fingerprint density at radius 2 is 2.33 bits per heavy atom. The van der Waals surface area contributed by atoms with E-state index >= 15 is 0 Å². The summed E-state index contributed by atoms with van der Waals surface area (Å²) in [5.74, 6) is 1.05. The minimum Gasteiger partial charge on any atom is -0.352 e. The Bertz CT molecular complexity index is 533. The van der Waals surface area contributed by atoms with Gasteiger partial charge in [-0.2, -0.15) is 0 Å². The van der Waals surface area contributed by atoms with Gasteiger partial charge in [0.25, 0.3) is 0 Å². The van der Waals surface area contributed by atoms with Crippen molar-refractivity contribution in [3.05, 3.63) is 23.4 Å². The molecule has 2 aliphatic rings. The minimum absolute atomic E-state index is 0.0744. The Hall–Kier alpha value is -1.82. The van der Waals surface area contributed by atoms with Gasteiger partial charge in [0.1, 0.15) is 5.82 Å². The lowest BCUT2D eigenvalue weighted by molar-refractivity contribution is 0.197. The zero-order valence-electron chi connectivity index (χ0n) is 12.7. The zero-order chi connectivity index (χ0) is 14.8. The van der Waals surface area contributed by atoms with Crippen LogP contribution in [-0.4, -0.2) is 54.7 Å². The van der Waals surface area contributed by atoms with E-state index < -0.39 is 0 Å². The summed E-state index contributed by atoms with van der Waals surface area (Å²) in [5, 5.41) is 6.23. The van der Waals surface area contributed by atoms with Gasteiger partial charge in [0.15, 0.2) is 0 Å². The molecular formula is C15H23N5O. The molecule has 0 spiro atoms. The summed E-state index contributed by atoms with van der Waals surface area (Å²) in [4.78, 5) is 20.5. The molecule has 2 amide bonds. The Kier molecular flexibility index (Phi) is 3.96. The lowest BCUT2D eigenvalue weighted by Gasteiger charge is -2.37. The van der Waals surface area contributed by atoms with E-state index in [1.807, 2.05) is 11.1 Å². The maximum absolute atomic E-state index is 11.6. The molecule has 3 rings (SSSR count). The van der Waals surface area contributed by atoms with Crippen molar-refractivity contribution in [1.82, 2.24) is 20.5 Å². The molecule has 0 saturated carbocycles. The molecule has 1 aromatic rings. The summed E-state index contributed by atoms with van der Waals surface area (Å²) in [5.41, 5.74) is 2.42. The first-order chi connectivity index (χ1) is 10.2. The summed E-state index contributed by atoms with van der Waals surface area (Å²) in [6.07, 6.45) is 1.95. The van der Waals surface area contributed by atoms with Gasteiger partial charge in [-0.3, -0.25) is 0 Å². The number of urea groups is 1. The summed E-state index contributed by atoms with van der Waals surface area (Å²) >= 11 is 0. The molecule has 114 valence electrons. The number of hydrogen-bond acceptors (Lipinski definition) is 4. The molecule has 2 saturated heterocycles. The van der Waals surface area contributed by atoms with E-state index in [0.717, 1.165) is 45.1 Å². The minimum atomic E-state index is 0.0744. The predicted molar refractivity (Wildman–Crippen MR) is 82.5 cm³/mol. The fraction of sp³-hybridized carbons (Fsp3) is 0.600. The zero-order valence-corrected chi connectivity index (χ0v) is 12.7. The first kappa shape index (κ1) is 14.1. The van der Waals surface area contributed by atoms with E-state index in [1.165, 1.54) is 11.1 Å². The third kappa shape index (κ3) is 2.81. The maximum Gasteiger partial charge on any atom is 0.317 e. The number of fused-ring (bicyclic) bond motifs is 1. The summed E-state index contributed by atoms with van der Waals surface area (Å²) in [6, 6.07) is 2.55. The number of carbonyl (C=O) groups excluding carboxylic acids is 1. The second-order valence-electron chi connectivity index (χ2n) is 5.74. The van der Waals surface area contributed by atoms with Gasteiger partial charge in [-0.05, 0) is 30.7 Å². The number of aromatic nitrogens is 1. The summed E-state index contributed by atoms with van der Waals surface area (Å²) in [6.45, 7) is 9.27. The Morgan fingerprint density at radius 3 is 3.10 bits per heavy atom. The number of amides is 2. The van der Waals surface area contributed by atoms with Crippen LogP contribution >= 0.6 is 0 Å². The van der Waals surface area contributed by atoms with Gasteiger partial charge in [0.05, 0.1) is 6.04 Å². The van der Waals surface area contributed by atoms with Crippen molar-refractivity contribution >= 4 is 11.8 Å². The van der Waals surface area contributed by atoms with Gasteiger partial charge in [-0.15, -0.1) is 0 Å². The van der Waals surface area contributed by atoms with Gasteiger partial charge < -0.3 is 20.4 Å². The van der Waals surface area contributed by atoms with Crippen molar-refractivity contribution in [1.29, 1.82) is 0 Å². The molecule has 1 aromatic heterocycles. The van der Waals surface area contributed by atoms with Crippen LogP contribution in [0.4, 0.5) is 10.6 Å². The van der Waals surface area contributed by atoms with Crippen molar-refractivity contribution in [3.8, 4) is 0 Å². The molecule has 21 heavy (non-hydrogen) atoms. The van der Waals surface area contributed by atoms with Crippen LogP contribution in [0.25, 0.3) is 0 Å². The van der Waals surface area contributed by atoms with Crippen LogP contribution in [0, 0.1) is 6.92 Å². The average Bonchev–Trinajstić information content (AvgIpc) is 2.86. The molecule has 3 heterocycles. The smallest absolute Gasteiger partial charge is 0.317 e. The maximum atomic E-state index is 11.6. The fourth-order valence-corrected chi connectivity index (χ4v) is 3.12. The highest BCUT2D eigenvalue weighted by molar-refractivity contribution is 5.77. The lowest BCUT2D eigenvalue weighted by Crippen LogP contribution is -2.52. The van der Waals surface area contributed by atoms with Gasteiger partial charge in [0, 0.05) is 38.9 Å². The third-order valence-corrected chi connectivity index (χ3v) is 4.22. The Labute approximate surface area is 125 Å². The molecule has 1 unspecified atom stereocenters. The van der Waals surface area contributed by atoms with Crippen molar-refractivity contribution in [2.45, 2.75) is 26.4 Å². The number of pyridine rings is 1. The van der Waals surface area contributed by atoms with E-state index in [9.17, 15) is 4.79 Å². The molecule has 2 aliphatic heterocycles. The van der Waals surface area contributed by atoms with Crippen LogP contribution in [0.2, 0.25) is 0 Å². The van der Waals surface area contributed by atoms with E-state index in [2.05, 4.69) is 40.4 Å². The van der Waals surface area contributed by atoms with Crippen molar-refractivity contribution < 1.29 is 4.79 Å². The lowest BCUT2D eigenvalue weighted by atomic mass is 10.1. The first-order valence-electron chi connectivity index (χ1n) is 7.64. The monoisotopic (exact) mass is 289 g/mol. The third-order valence-electron chi connectivity index (χ3n) is 4.22. The normalized spacial score (nSPS) is 21.4. The van der Waals surface area contributed by atoms with Gasteiger partial charge in [-0.25, -0.2) is 9.78 Å². The van der Waals surface area contributed by atoms with Crippen LogP contribution < -0.4 is 15.5 Å². The summed E-state index contributed by atoms with van der Waals surface area (Å²) in [7, 11) is 0. The Balaban J connectivity index is 1.71. The number of nitrogens with one attached hydrogen (secondary N) is 2. The summed E-state index contributed by atoms with van der Waals surface area (Å²) < 4.78 is 0. The van der Waals surface area contributed by atoms with E-state index in [4.69, 9.17) is 0 Å². The number of rotatable bonds is 4. The topological polar surface area (TPSA) is 60.5 Å². The molecule has 6 nitrogen and oxygen atoms in total. The number of aryl methyl sites for hydroxylation is 1. The molecule has 6 heteroatoms. The first-order valence-corrected chi connectivity index (χ1v) is 7.64. The van der Waals surface area contributed by atoms with Gasteiger partial charge in [-0.1, -0.05) is 6.92 Å². The highest BCUT2D eigenvalue weighted by atomic mass is 16.2. The molecule has 0 aromatic carbocycles. The second kappa shape index (κ2) is 5.89. The van der Waals surface area contributed by atoms with Crippen molar-refractivity contribution in [2.24, 2.45) is 0 Å². The van der Waals surface area contributed by atoms with Crippen molar-refractivity contribution in [3.63, 3.8) is 0 Å². The van der Waals surface area contributed by atoms with Crippen LogP contribution in [0.15, 0.2) is 12.3 Å². The molecule has 2 fully saturated rings. The molecule has 1 atom stereocenters. The highest BCUT2D eigenvalue weighted by Crippen LogP contribution is 2.23. The van der Waals surface area contributed by atoms with E-state index in [0.29, 0.717) is 0 Å². The Morgan fingerprint density at radius 1 is 1.48 bits per heavy atom. The van der Waals surface area contributed by atoms with Gasteiger partial charge in [0.2, 0.25) is 0 Å². The molecule has 2 N–H and O–H groups in total. The SMILES string of the molecule is CCNCc1cnc(N2CCN3C(=O)NCC3C2)c(C)c1.